The number of rotatable bonds is 5. The Balaban J connectivity index is 1.47. The van der Waals surface area contributed by atoms with Crippen molar-refractivity contribution in [3.05, 3.63) is 64.5 Å². The average molecular weight is 349 g/mol. The summed E-state index contributed by atoms with van der Waals surface area (Å²) in [5, 5.41) is 5.16. The van der Waals surface area contributed by atoms with Crippen molar-refractivity contribution in [1.82, 2.24) is 4.98 Å². The first-order chi connectivity index (χ1) is 12.3. The maximum Gasteiger partial charge on any atom is 0.204 e. The van der Waals surface area contributed by atoms with E-state index in [0.29, 0.717) is 6.61 Å². The third-order valence-corrected chi connectivity index (χ3v) is 5.18. The van der Waals surface area contributed by atoms with Gasteiger partial charge in [0.15, 0.2) is 0 Å². The lowest BCUT2D eigenvalue weighted by Crippen LogP contribution is -2.01. The summed E-state index contributed by atoms with van der Waals surface area (Å²) in [7, 11) is 0. The van der Waals surface area contributed by atoms with Crippen molar-refractivity contribution in [3.8, 4) is 17.0 Å². The van der Waals surface area contributed by atoms with E-state index in [1.807, 2.05) is 31.2 Å². The summed E-state index contributed by atoms with van der Waals surface area (Å²) in [6, 6.07) is 16.4. The summed E-state index contributed by atoms with van der Waals surface area (Å²) >= 11 is 1.69. The van der Waals surface area contributed by atoms with Gasteiger partial charge in [-0.25, -0.2) is 4.98 Å². The standard InChI is InChI=1S/C20H19N3OS/c1-2-24-16-10-7-14(8-11-16)13-21-23-20-22-19-17-6-4-3-5-15(17)9-12-18(19)25-20/h3-8,10-11,13H,2,9,12H2,1H3,(H,22,23). The molecule has 1 heterocycles. The first-order valence-electron chi connectivity index (χ1n) is 8.43. The zero-order valence-electron chi connectivity index (χ0n) is 14.0. The predicted octanol–water partition coefficient (Wildman–Crippen LogP) is 4.75. The summed E-state index contributed by atoms with van der Waals surface area (Å²) in [5.74, 6) is 0.874. The molecule has 0 aliphatic heterocycles. The lowest BCUT2D eigenvalue weighted by Gasteiger charge is -2.13. The van der Waals surface area contributed by atoms with E-state index in [-0.39, 0.29) is 0 Å². The fraction of sp³-hybridized carbons (Fsp3) is 0.200. The number of thiazole rings is 1. The number of hydrogen-bond acceptors (Lipinski definition) is 5. The van der Waals surface area contributed by atoms with Crippen LogP contribution in [0.25, 0.3) is 11.3 Å². The summed E-state index contributed by atoms with van der Waals surface area (Å²) in [4.78, 5) is 6.07. The molecule has 1 aromatic heterocycles. The van der Waals surface area contributed by atoms with Gasteiger partial charge in [-0.2, -0.15) is 5.10 Å². The van der Waals surface area contributed by atoms with Crippen LogP contribution in [0.4, 0.5) is 5.13 Å². The molecular formula is C20H19N3OS. The molecule has 0 atom stereocenters. The summed E-state index contributed by atoms with van der Waals surface area (Å²) < 4.78 is 5.44. The van der Waals surface area contributed by atoms with Crippen molar-refractivity contribution < 1.29 is 4.74 Å². The molecule has 126 valence electrons. The molecule has 2 aromatic carbocycles. The van der Waals surface area contributed by atoms with Gasteiger partial charge < -0.3 is 4.74 Å². The van der Waals surface area contributed by atoms with Gasteiger partial charge in [0.25, 0.3) is 0 Å². The van der Waals surface area contributed by atoms with Crippen LogP contribution >= 0.6 is 11.3 Å². The van der Waals surface area contributed by atoms with Crippen LogP contribution in [0.5, 0.6) is 5.75 Å². The van der Waals surface area contributed by atoms with Crippen LogP contribution in [0.3, 0.4) is 0 Å². The summed E-state index contributed by atoms with van der Waals surface area (Å²) in [6.07, 6.45) is 3.93. The number of aromatic nitrogens is 1. The van der Waals surface area contributed by atoms with E-state index >= 15 is 0 Å². The minimum absolute atomic E-state index is 0.673. The van der Waals surface area contributed by atoms with Gasteiger partial charge in [0.05, 0.1) is 18.5 Å². The lowest BCUT2D eigenvalue weighted by molar-refractivity contribution is 0.340. The molecule has 0 radical (unpaired) electrons. The fourth-order valence-electron chi connectivity index (χ4n) is 2.98. The summed E-state index contributed by atoms with van der Waals surface area (Å²) in [5.41, 5.74) is 7.82. The Morgan fingerprint density at radius 2 is 2.00 bits per heavy atom. The molecule has 0 bridgehead atoms. The van der Waals surface area contributed by atoms with Crippen LogP contribution in [-0.2, 0) is 12.8 Å². The Bertz CT molecular complexity index is 900. The highest BCUT2D eigenvalue weighted by Gasteiger charge is 2.20. The van der Waals surface area contributed by atoms with E-state index in [0.717, 1.165) is 35.0 Å². The van der Waals surface area contributed by atoms with Gasteiger partial charge in [0.2, 0.25) is 5.13 Å². The molecule has 0 fully saturated rings. The Labute approximate surface area is 151 Å². The first-order valence-corrected chi connectivity index (χ1v) is 9.25. The molecule has 3 aromatic rings. The van der Waals surface area contributed by atoms with E-state index in [1.165, 1.54) is 16.0 Å². The van der Waals surface area contributed by atoms with Gasteiger partial charge in [0.1, 0.15) is 5.75 Å². The quantitative estimate of drug-likeness (QED) is 0.534. The molecule has 0 spiro atoms. The molecule has 1 N–H and O–H groups in total. The number of fused-ring (bicyclic) bond motifs is 3. The molecular weight excluding hydrogens is 330 g/mol. The SMILES string of the molecule is CCOc1ccc(C=NNc2nc3c(s2)CCc2ccccc2-3)cc1. The van der Waals surface area contributed by atoms with Gasteiger partial charge in [0, 0.05) is 10.4 Å². The van der Waals surface area contributed by atoms with Gasteiger partial charge >= 0.3 is 0 Å². The fourth-order valence-corrected chi connectivity index (χ4v) is 3.90. The van der Waals surface area contributed by atoms with Crippen molar-refractivity contribution in [2.45, 2.75) is 19.8 Å². The number of benzene rings is 2. The van der Waals surface area contributed by atoms with Crippen molar-refractivity contribution >= 4 is 22.7 Å². The molecule has 0 amide bonds. The monoisotopic (exact) mass is 349 g/mol. The zero-order chi connectivity index (χ0) is 17.1. The molecule has 1 aliphatic rings. The molecule has 4 nitrogen and oxygen atoms in total. The predicted molar refractivity (Wildman–Crippen MR) is 104 cm³/mol. The third kappa shape index (κ3) is 3.42. The molecule has 0 saturated heterocycles. The molecule has 5 heteroatoms. The largest absolute Gasteiger partial charge is 0.494 e. The molecule has 0 saturated carbocycles. The summed E-state index contributed by atoms with van der Waals surface area (Å²) in [6.45, 7) is 2.65. The van der Waals surface area contributed by atoms with E-state index < -0.39 is 0 Å². The van der Waals surface area contributed by atoms with Gasteiger partial charge in [-0.05, 0) is 55.2 Å². The van der Waals surface area contributed by atoms with Crippen molar-refractivity contribution in [3.63, 3.8) is 0 Å². The van der Waals surface area contributed by atoms with Crippen LogP contribution in [0.15, 0.2) is 53.6 Å². The second-order valence-corrected chi connectivity index (χ2v) is 6.90. The number of nitrogens with zero attached hydrogens (tertiary/aromatic N) is 2. The second-order valence-electron chi connectivity index (χ2n) is 5.82. The van der Waals surface area contributed by atoms with Crippen LogP contribution < -0.4 is 10.2 Å². The smallest absolute Gasteiger partial charge is 0.204 e. The topological polar surface area (TPSA) is 46.5 Å². The first kappa shape index (κ1) is 15.8. The Morgan fingerprint density at radius 1 is 1.16 bits per heavy atom. The second kappa shape index (κ2) is 7.07. The van der Waals surface area contributed by atoms with Gasteiger partial charge in [-0.15, -0.1) is 0 Å². The van der Waals surface area contributed by atoms with Gasteiger partial charge in [-0.1, -0.05) is 35.6 Å². The van der Waals surface area contributed by atoms with E-state index in [2.05, 4.69) is 34.8 Å². The van der Waals surface area contributed by atoms with E-state index in [1.54, 1.807) is 17.6 Å². The highest BCUT2D eigenvalue weighted by Crippen LogP contribution is 2.37. The highest BCUT2D eigenvalue weighted by molar-refractivity contribution is 7.16. The minimum Gasteiger partial charge on any atom is -0.494 e. The van der Waals surface area contributed by atoms with Crippen molar-refractivity contribution in [2.24, 2.45) is 5.10 Å². The molecule has 0 unspecified atom stereocenters. The lowest BCUT2D eigenvalue weighted by atomic mass is 9.94. The van der Waals surface area contributed by atoms with Gasteiger partial charge in [-0.3, -0.25) is 5.43 Å². The van der Waals surface area contributed by atoms with Crippen molar-refractivity contribution in [2.75, 3.05) is 12.0 Å². The average Bonchev–Trinajstić information content (AvgIpc) is 3.07. The normalized spacial score (nSPS) is 12.7. The highest BCUT2D eigenvalue weighted by atomic mass is 32.1. The molecule has 4 rings (SSSR count). The number of hydrogen-bond donors (Lipinski definition) is 1. The number of ether oxygens (including phenoxy) is 1. The third-order valence-electron chi connectivity index (χ3n) is 4.16. The Morgan fingerprint density at radius 3 is 2.84 bits per heavy atom. The minimum atomic E-state index is 0.673. The zero-order valence-corrected chi connectivity index (χ0v) is 14.8. The van der Waals surface area contributed by atoms with Crippen LogP contribution in [-0.4, -0.2) is 17.8 Å². The van der Waals surface area contributed by atoms with Crippen LogP contribution in [0, 0.1) is 0 Å². The maximum atomic E-state index is 5.44. The van der Waals surface area contributed by atoms with E-state index in [4.69, 9.17) is 9.72 Å². The maximum absolute atomic E-state index is 5.44. The number of nitrogens with one attached hydrogen (secondary N) is 1. The Kier molecular flexibility index (Phi) is 4.48. The van der Waals surface area contributed by atoms with Crippen LogP contribution in [0.2, 0.25) is 0 Å². The molecule has 1 aliphatic carbocycles. The van der Waals surface area contributed by atoms with Crippen LogP contribution in [0.1, 0.15) is 22.9 Å². The molecule has 25 heavy (non-hydrogen) atoms. The number of aryl methyl sites for hydroxylation is 2. The van der Waals surface area contributed by atoms with E-state index in [9.17, 15) is 0 Å². The number of hydrazone groups is 1. The Hall–Kier alpha value is -2.66. The number of anilines is 1. The van der Waals surface area contributed by atoms with Crippen molar-refractivity contribution in [1.29, 1.82) is 0 Å².